The van der Waals surface area contributed by atoms with Crippen LogP contribution in [0.3, 0.4) is 0 Å². The van der Waals surface area contributed by atoms with Crippen LogP contribution < -0.4 is 0 Å². The number of alkyl halides is 1. The number of ether oxygens (including phenoxy) is 1. The molecule has 0 spiro atoms. The Labute approximate surface area is 408 Å². The number of carbonyl (C=O) groups excluding carboxylic acids is 5. The number of hydrogen-bond donors (Lipinski definition) is 1. The fraction of sp³-hybridized carbons (Fsp3) is 0.326. The molecular formula is C43H55BrO6S10. The van der Waals surface area contributed by atoms with Crippen molar-refractivity contribution in [1.82, 2.24) is 0 Å². The molecule has 330 valence electrons. The summed E-state index contributed by atoms with van der Waals surface area (Å²) in [6, 6.07) is 13.9. The smallest absolute Gasteiger partial charge is 0.315 e. The summed E-state index contributed by atoms with van der Waals surface area (Å²) >= 11 is 21.8. The van der Waals surface area contributed by atoms with Gasteiger partial charge < -0.3 is 4.74 Å². The second-order valence-electron chi connectivity index (χ2n) is 11.0. The summed E-state index contributed by atoms with van der Waals surface area (Å²) in [5, 5.41) is 17.3. The van der Waals surface area contributed by atoms with Crippen molar-refractivity contribution in [3.63, 3.8) is 0 Å². The zero-order valence-corrected chi connectivity index (χ0v) is 40.2. The molecule has 0 unspecified atom stereocenters. The molecule has 3 aliphatic heterocycles. The molecule has 0 N–H and O–H groups in total. The Balaban J connectivity index is 0. The maximum absolute atomic E-state index is 11.1. The lowest BCUT2D eigenvalue weighted by atomic mass is 10.2. The van der Waals surface area contributed by atoms with Gasteiger partial charge in [0.15, 0.2) is 23.6 Å². The molecule has 6 aromatic heterocycles. The van der Waals surface area contributed by atoms with E-state index in [-0.39, 0.29) is 41.4 Å². The molecule has 9 heterocycles. The Morgan fingerprint density at radius 3 is 1.58 bits per heavy atom. The van der Waals surface area contributed by atoms with E-state index in [4.69, 9.17) is 0 Å². The van der Waals surface area contributed by atoms with Gasteiger partial charge in [0.05, 0.1) is 44.8 Å². The van der Waals surface area contributed by atoms with Crippen LogP contribution in [-0.4, -0.2) is 59.7 Å². The van der Waals surface area contributed by atoms with Crippen LogP contribution in [-0.2, 0) is 32.1 Å². The van der Waals surface area contributed by atoms with Gasteiger partial charge in [-0.2, -0.15) is 35.3 Å². The van der Waals surface area contributed by atoms with Crippen LogP contribution in [0.4, 0.5) is 0 Å². The summed E-state index contributed by atoms with van der Waals surface area (Å²) in [4.78, 5) is 57.2. The lowest BCUT2D eigenvalue weighted by molar-refractivity contribution is -0.137. The van der Waals surface area contributed by atoms with Gasteiger partial charge in [0, 0.05) is 33.0 Å². The van der Waals surface area contributed by atoms with E-state index in [1.54, 1.807) is 98.0 Å². The minimum atomic E-state index is -0.293. The maximum atomic E-state index is 11.1. The van der Waals surface area contributed by atoms with Gasteiger partial charge in [0.25, 0.3) is 0 Å². The highest BCUT2D eigenvalue weighted by Crippen LogP contribution is 2.30. The molecule has 0 atom stereocenters. The Morgan fingerprint density at radius 2 is 1.23 bits per heavy atom. The molecule has 0 aliphatic carbocycles. The first-order chi connectivity index (χ1) is 27.2. The van der Waals surface area contributed by atoms with Gasteiger partial charge in [-0.15, -0.1) is 80.6 Å². The molecule has 6 nitrogen and oxygen atoms in total. The predicted molar refractivity (Wildman–Crippen MR) is 283 cm³/mol. The van der Waals surface area contributed by atoms with Crippen molar-refractivity contribution >= 4 is 161 Å². The summed E-state index contributed by atoms with van der Waals surface area (Å²) in [6.45, 7) is 2.09. The minimum absolute atomic E-state index is 0. The number of carbonyl (C=O) groups is 5. The first kappa shape index (κ1) is 60.3. The van der Waals surface area contributed by atoms with E-state index in [0.29, 0.717) is 34.6 Å². The number of halogens is 1. The number of aldehydes is 1. The number of hydrogen-bond acceptors (Lipinski definition) is 16. The van der Waals surface area contributed by atoms with Gasteiger partial charge in [0.2, 0.25) is 0 Å². The van der Waals surface area contributed by atoms with Crippen molar-refractivity contribution < 1.29 is 28.7 Å². The number of ketones is 3. The molecule has 6 aromatic rings. The van der Waals surface area contributed by atoms with Crippen LogP contribution >= 0.6 is 132 Å². The first-order valence-corrected chi connectivity index (χ1v) is 27.1. The van der Waals surface area contributed by atoms with Crippen molar-refractivity contribution in [3.05, 3.63) is 133 Å². The van der Waals surface area contributed by atoms with Crippen molar-refractivity contribution in [2.24, 2.45) is 0 Å². The van der Waals surface area contributed by atoms with E-state index in [1.165, 1.54) is 45.6 Å². The quantitative estimate of drug-likeness (QED) is 0.0805. The van der Waals surface area contributed by atoms with E-state index in [1.807, 2.05) is 45.8 Å². The van der Waals surface area contributed by atoms with Crippen LogP contribution in [0.1, 0.15) is 96.2 Å². The second-order valence-corrected chi connectivity index (χ2v) is 20.2. The molecule has 0 aromatic carbocycles. The molecule has 60 heavy (non-hydrogen) atoms. The number of esters is 1. The molecule has 0 saturated carbocycles. The fourth-order valence-electron chi connectivity index (χ4n) is 4.17. The summed E-state index contributed by atoms with van der Waals surface area (Å²) in [6.07, 6.45) is 0.852. The number of methoxy groups -OCH3 is 1. The number of rotatable bonds is 3. The normalized spacial score (nSPS) is 12.2. The SMILES string of the molecule is BrCc1ccsc1.C.C.C.C.COC(=O)CS.Cc1ccsc1.O=C1CSCc2ccsc21.O=C1CSCc2ccsc21.O=C1CSCc2sccc21.O=Cc1cccs1. The van der Waals surface area contributed by atoms with E-state index in [0.717, 1.165) is 49.1 Å². The van der Waals surface area contributed by atoms with Crippen LogP contribution in [0.5, 0.6) is 0 Å². The highest BCUT2D eigenvalue weighted by Gasteiger charge is 2.19. The molecule has 3 aliphatic rings. The maximum Gasteiger partial charge on any atom is 0.315 e. The molecule has 0 fully saturated rings. The Morgan fingerprint density at radius 1 is 0.683 bits per heavy atom. The minimum Gasteiger partial charge on any atom is -0.468 e. The van der Waals surface area contributed by atoms with Crippen molar-refractivity contribution in [2.75, 3.05) is 30.1 Å². The molecule has 0 bridgehead atoms. The van der Waals surface area contributed by atoms with Crippen LogP contribution in [0.15, 0.2) is 85.5 Å². The number of thioether (sulfide) groups is 3. The lowest BCUT2D eigenvalue weighted by Crippen LogP contribution is -2.08. The molecule has 0 saturated heterocycles. The topological polar surface area (TPSA) is 94.6 Å². The summed E-state index contributed by atoms with van der Waals surface area (Å²) in [7, 11) is 1.33. The van der Waals surface area contributed by atoms with E-state index < -0.39 is 0 Å². The van der Waals surface area contributed by atoms with Crippen molar-refractivity contribution in [3.8, 4) is 0 Å². The Hall–Kier alpha value is -1.77. The summed E-state index contributed by atoms with van der Waals surface area (Å²) in [5.74, 6) is 5.86. The fourth-order valence-corrected chi connectivity index (χ4v) is 12.6. The van der Waals surface area contributed by atoms with Crippen molar-refractivity contribution in [1.29, 1.82) is 0 Å². The standard InChI is InChI=1S/3C7H6OS2.C5H5BrS.C5H4OS.C5H6S.C3H6O2S.4CH4/c8-6-3-9-4-7-5(6)1-2-10-7;2*8-6-4-9-3-5-1-2-10-7(5)6;6-3-5-1-2-7-4-5;6-4-5-2-1-3-7-5;1-5-2-3-6-4-5;1-5-3(4)2-6;;;;/h3*1-2H,3-4H2;1-2,4H,3H2;1-4H;2-4H,1H3;6H,2H2,1H3;4*1H4. The van der Waals surface area contributed by atoms with Gasteiger partial charge >= 0.3 is 5.97 Å². The second kappa shape index (κ2) is 35.7. The van der Waals surface area contributed by atoms with E-state index in [9.17, 15) is 24.0 Å². The highest BCUT2D eigenvalue weighted by atomic mass is 79.9. The number of fused-ring (bicyclic) bond motifs is 3. The lowest BCUT2D eigenvalue weighted by Gasteiger charge is -2.07. The van der Waals surface area contributed by atoms with Gasteiger partial charge in [-0.3, -0.25) is 24.0 Å². The zero-order chi connectivity index (χ0) is 40.5. The van der Waals surface area contributed by atoms with Gasteiger partial charge in [-0.25, -0.2) is 0 Å². The number of aryl methyl sites for hydroxylation is 1. The first-order valence-electron chi connectivity index (χ1n) is 16.4. The van der Waals surface area contributed by atoms with E-state index >= 15 is 0 Å². The Kier molecular flexibility index (Phi) is 35.9. The molecular weight excluding hydrogens is 1010 g/mol. The van der Waals surface area contributed by atoms with Crippen LogP contribution in [0.2, 0.25) is 0 Å². The molecule has 9 rings (SSSR count). The third kappa shape index (κ3) is 22.5. The number of Topliss-reactive ketones (excluding diaryl/α,β-unsaturated/α-hetero) is 3. The van der Waals surface area contributed by atoms with Gasteiger partial charge in [0.1, 0.15) is 0 Å². The average Bonchev–Trinajstić information content (AvgIpc) is 4.07. The van der Waals surface area contributed by atoms with Crippen molar-refractivity contribution in [2.45, 2.75) is 59.2 Å². The molecule has 0 amide bonds. The third-order valence-corrected chi connectivity index (χ3v) is 16.2. The van der Waals surface area contributed by atoms with Gasteiger partial charge in [-0.1, -0.05) is 51.7 Å². The predicted octanol–water partition coefficient (Wildman–Crippen LogP) is 15.4. The average molecular weight is 1070 g/mol. The zero-order valence-electron chi connectivity index (χ0n) is 30.3. The number of thiophene rings is 6. The largest absolute Gasteiger partial charge is 0.468 e. The van der Waals surface area contributed by atoms with Crippen LogP contribution in [0, 0.1) is 6.92 Å². The third-order valence-electron chi connectivity index (χ3n) is 6.91. The monoisotopic (exact) mass is 1070 g/mol. The van der Waals surface area contributed by atoms with Gasteiger partial charge in [-0.05, 0) is 109 Å². The summed E-state index contributed by atoms with van der Waals surface area (Å²) in [5.41, 5.74) is 6.14. The molecule has 0 radical (unpaired) electrons. The van der Waals surface area contributed by atoms with Crippen LogP contribution in [0.25, 0.3) is 0 Å². The Bertz CT molecular complexity index is 1870. The summed E-state index contributed by atoms with van der Waals surface area (Å²) < 4.78 is 4.18. The number of thiol groups is 1. The molecule has 17 heteroatoms. The highest BCUT2D eigenvalue weighted by molar-refractivity contribution is 9.08. The van der Waals surface area contributed by atoms with E-state index in [2.05, 4.69) is 73.9 Å².